The Morgan fingerprint density at radius 3 is 0.808 bits per heavy atom. The highest BCUT2D eigenvalue weighted by molar-refractivity contribution is 5.54. The summed E-state index contributed by atoms with van der Waals surface area (Å²) in [6.45, 7) is 0. The molecule has 8 nitrogen and oxygen atoms in total. The fourth-order valence-electron chi connectivity index (χ4n) is 15.1. The Morgan fingerprint density at radius 1 is 0.327 bits per heavy atom. The third-order valence-electron chi connectivity index (χ3n) is 15.5. The van der Waals surface area contributed by atoms with E-state index in [9.17, 15) is 40.9 Å². The Hall–Kier alpha value is -4.72. The van der Waals surface area contributed by atoms with Gasteiger partial charge in [-0.25, -0.2) is 0 Å². The summed E-state index contributed by atoms with van der Waals surface area (Å²) in [5.74, 6) is 0.985. The Morgan fingerprint density at radius 2 is 0.577 bits per heavy atom. The molecule has 8 N–H and O–H groups in total. The number of hydrogen-bond donors (Lipinski definition) is 8. The number of rotatable bonds is 5. The fourth-order valence-corrected chi connectivity index (χ4v) is 15.1. The van der Waals surface area contributed by atoms with Gasteiger partial charge in [-0.05, 0) is 124 Å². The van der Waals surface area contributed by atoms with Crippen molar-refractivity contribution in [1.82, 2.24) is 0 Å². The van der Waals surface area contributed by atoms with Crippen LogP contribution in [0.3, 0.4) is 0 Å². The summed E-state index contributed by atoms with van der Waals surface area (Å²) in [6, 6.07) is 20.0. The molecule has 8 fully saturated rings. The molecule has 0 amide bonds. The van der Waals surface area contributed by atoms with Crippen molar-refractivity contribution in [3.05, 3.63) is 95.1 Å². The van der Waals surface area contributed by atoms with Crippen LogP contribution >= 0.6 is 0 Å². The second-order valence-electron chi connectivity index (χ2n) is 18.5. The normalized spacial score (nSPS) is 38.2. The highest BCUT2D eigenvalue weighted by Crippen LogP contribution is 2.83. The summed E-state index contributed by atoms with van der Waals surface area (Å²) in [5, 5.41) is 87.8. The molecular weight excluding hydrogens is 656 g/mol. The van der Waals surface area contributed by atoms with Gasteiger partial charge in [0.1, 0.15) is 46.0 Å². The number of aromatic hydroxyl groups is 8. The highest BCUT2D eigenvalue weighted by Gasteiger charge is 2.75. The third-order valence-corrected chi connectivity index (χ3v) is 15.5. The lowest BCUT2D eigenvalue weighted by Gasteiger charge is -2.77. The van der Waals surface area contributed by atoms with E-state index in [1.807, 2.05) is 24.3 Å². The van der Waals surface area contributed by atoms with Crippen molar-refractivity contribution in [2.24, 2.45) is 22.7 Å². The van der Waals surface area contributed by atoms with E-state index >= 15 is 0 Å². The minimum absolute atomic E-state index is 0.0129. The van der Waals surface area contributed by atoms with Crippen molar-refractivity contribution in [2.75, 3.05) is 0 Å². The highest BCUT2D eigenvalue weighted by atomic mass is 16.3. The molecule has 4 aromatic carbocycles. The first-order chi connectivity index (χ1) is 24.7. The maximum absolute atomic E-state index is 11.6. The molecule has 0 radical (unpaired) electrons. The van der Waals surface area contributed by atoms with Crippen molar-refractivity contribution in [2.45, 2.75) is 98.7 Å². The molecule has 0 aromatic heterocycles. The number of phenolic OH excluding ortho intramolecular Hbond substituents is 8. The Kier molecular flexibility index (Phi) is 6.16. The number of benzene rings is 4. The van der Waals surface area contributed by atoms with E-state index in [1.165, 1.54) is 24.3 Å². The molecule has 8 aliphatic carbocycles. The summed E-state index contributed by atoms with van der Waals surface area (Å²) >= 11 is 0. The maximum atomic E-state index is 11.6. The number of phenols is 8. The molecule has 8 heteroatoms. The van der Waals surface area contributed by atoms with Crippen molar-refractivity contribution in [1.29, 1.82) is 0 Å². The predicted molar refractivity (Wildman–Crippen MR) is 193 cm³/mol. The van der Waals surface area contributed by atoms with E-state index < -0.39 is 21.7 Å². The van der Waals surface area contributed by atoms with Gasteiger partial charge in [0.25, 0.3) is 0 Å². The zero-order chi connectivity index (χ0) is 36.1. The average Bonchev–Trinajstić information content (AvgIpc) is 3.03. The van der Waals surface area contributed by atoms with E-state index in [4.69, 9.17) is 0 Å². The van der Waals surface area contributed by atoms with Crippen LogP contribution in [0.15, 0.2) is 72.8 Å². The van der Waals surface area contributed by atoms with E-state index in [0.717, 1.165) is 99.3 Å². The molecule has 270 valence electrons. The second-order valence-corrected chi connectivity index (χ2v) is 18.5. The summed E-state index contributed by atoms with van der Waals surface area (Å²) in [6.07, 6.45) is 10.3. The molecule has 0 heterocycles. The van der Waals surface area contributed by atoms with Gasteiger partial charge < -0.3 is 40.9 Å². The first-order valence-electron chi connectivity index (χ1n) is 18.8. The first-order valence-corrected chi connectivity index (χ1v) is 18.8. The van der Waals surface area contributed by atoms with Gasteiger partial charge in [-0.15, -0.1) is 0 Å². The standard InChI is InChI=1S/C44H46O8/c45-27-1-5-31(35(49)9-27)39-13-25-14-40(19-39,32-6-2-28(46)10-36(32)50)22-43(17-25,21-39)44-18-26-15-41(23-44,33-7-3-29(47)11-37(33)51)20-42(16-26,24-44)34-8-4-30(48)12-38(34)52/h1-12,25-26,45-52H,13-24H2. The second kappa shape index (κ2) is 10.0. The minimum atomic E-state index is -0.438. The van der Waals surface area contributed by atoms with Crippen LogP contribution in [-0.2, 0) is 21.7 Å². The molecule has 4 atom stereocenters. The Labute approximate surface area is 302 Å². The van der Waals surface area contributed by atoms with Crippen LogP contribution in [0.2, 0.25) is 0 Å². The minimum Gasteiger partial charge on any atom is -0.508 e. The van der Waals surface area contributed by atoms with Crippen molar-refractivity contribution >= 4 is 0 Å². The van der Waals surface area contributed by atoms with E-state index in [0.29, 0.717) is 11.8 Å². The van der Waals surface area contributed by atoms with E-state index in [1.54, 1.807) is 24.3 Å². The topological polar surface area (TPSA) is 162 Å². The lowest BCUT2D eigenvalue weighted by atomic mass is 9.26. The van der Waals surface area contributed by atoms with Crippen LogP contribution in [0, 0.1) is 22.7 Å². The molecule has 52 heavy (non-hydrogen) atoms. The number of hydrogen-bond acceptors (Lipinski definition) is 8. The first kappa shape index (κ1) is 32.0. The zero-order valence-corrected chi connectivity index (χ0v) is 29.1. The summed E-state index contributed by atoms with van der Waals surface area (Å²) in [5.41, 5.74) is 1.08. The molecule has 8 bridgehead atoms. The van der Waals surface area contributed by atoms with Crippen LogP contribution in [0.4, 0.5) is 0 Å². The zero-order valence-electron chi connectivity index (χ0n) is 29.1. The van der Waals surface area contributed by atoms with Gasteiger partial charge in [-0.3, -0.25) is 0 Å². The van der Waals surface area contributed by atoms with Crippen LogP contribution in [0.5, 0.6) is 46.0 Å². The Bertz CT molecular complexity index is 1890. The van der Waals surface area contributed by atoms with E-state index in [2.05, 4.69) is 0 Å². The lowest BCUT2D eigenvalue weighted by molar-refractivity contribution is -0.225. The van der Waals surface area contributed by atoms with Crippen LogP contribution < -0.4 is 0 Å². The SMILES string of the molecule is Oc1ccc(C23CC4CC(c5ccc(O)cc5O)(C2)CC(C25CC6CC(c7ccc(O)cc7O)(CC(c7ccc(O)cc7O)(C6)C2)C5)(C4)C3)c(O)c1. The largest absolute Gasteiger partial charge is 0.508 e. The molecule has 0 spiro atoms. The van der Waals surface area contributed by atoms with E-state index in [-0.39, 0.29) is 56.8 Å². The maximum Gasteiger partial charge on any atom is 0.123 e. The summed E-state index contributed by atoms with van der Waals surface area (Å²) < 4.78 is 0. The third kappa shape index (κ3) is 4.15. The van der Waals surface area contributed by atoms with Crippen LogP contribution in [0.1, 0.15) is 99.3 Å². The molecule has 8 aliphatic rings. The molecule has 0 aliphatic heterocycles. The Balaban J connectivity index is 1.22. The predicted octanol–water partition coefficient (Wildman–Crippen LogP) is 8.35. The quantitative estimate of drug-likeness (QED) is 0.103. The van der Waals surface area contributed by atoms with Crippen LogP contribution in [0.25, 0.3) is 0 Å². The van der Waals surface area contributed by atoms with Gasteiger partial charge in [0.2, 0.25) is 0 Å². The van der Waals surface area contributed by atoms with Gasteiger partial charge in [-0.1, -0.05) is 24.3 Å². The summed E-state index contributed by atoms with van der Waals surface area (Å²) in [4.78, 5) is 0. The van der Waals surface area contributed by atoms with Crippen LogP contribution in [-0.4, -0.2) is 40.9 Å². The monoisotopic (exact) mass is 702 g/mol. The van der Waals surface area contributed by atoms with Crippen molar-refractivity contribution < 1.29 is 40.9 Å². The average molecular weight is 703 g/mol. The molecule has 4 unspecified atom stereocenters. The smallest absolute Gasteiger partial charge is 0.123 e. The van der Waals surface area contributed by atoms with Gasteiger partial charge >= 0.3 is 0 Å². The van der Waals surface area contributed by atoms with Gasteiger partial charge in [0, 0.05) is 68.2 Å². The van der Waals surface area contributed by atoms with Gasteiger partial charge in [-0.2, -0.15) is 0 Å². The van der Waals surface area contributed by atoms with Gasteiger partial charge in [0.15, 0.2) is 0 Å². The molecule has 12 rings (SSSR count). The molecule has 0 saturated heterocycles. The molecule has 4 aromatic rings. The molecular formula is C44H46O8. The fraction of sp³-hybridized carbons (Fsp3) is 0.455. The lowest BCUT2D eigenvalue weighted by Crippen LogP contribution is -2.70. The molecule has 8 saturated carbocycles. The van der Waals surface area contributed by atoms with Gasteiger partial charge in [0.05, 0.1) is 0 Å². The van der Waals surface area contributed by atoms with Crippen molar-refractivity contribution in [3.8, 4) is 46.0 Å². The summed E-state index contributed by atoms with van der Waals surface area (Å²) in [7, 11) is 0. The van der Waals surface area contributed by atoms with Crippen molar-refractivity contribution in [3.63, 3.8) is 0 Å².